The molecule has 0 aromatic heterocycles. The van der Waals surface area contributed by atoms with E-state index < -0.39 is 35.5 Å². The molecule has 3 atom stereocenters. The number of carboxylic acid groups (broad SMARTS) is 1. The van der Waals surface area contributed by atoms with Gasteiger partial charge in [-0.05, 0) is 20.8 Å². The molecule has 0 heterocycles. The van der Waals surface area contributed by atoms with E-state index in [2.05, 4.69) is 0 Å². The van der Waals surface area contributed by atoms with Gasteiger partial charge in [0.25, 0.3) is 0 Å². The molecule has 0 aromatic rings. The summed E-state index contributed by atoms with van der Waals surface area (Å²) < 4.78 is 0. The number of carbonyl (C=O) groups excluding carboxylic acids is 2. The number of rotatable bonds is 5. The van der Waals surface area contributed by atoms with Crippen LogP contribution < -0.4 is 0 Å². The van der Waals surface area contributed by atoms with Crippen LogP contribution in [0.25, 0.3) is 0 Å². The molecule has 80 valence electrons. The van der Waals surface area contributed by atoms with Crippen LogP contribution in [0.2, 0.25) is 0 Å². The quantitative estimate of drug-likeness (QED) is 0.605. The van der Waals surface area contributed by atoms with Crippen LogP contribution in [-0.4, -0.2) is 33.9 Å². The molecule has 0 bridgehead atoms. The summed E-state index contributed by atoms with van der Waals surface area (Å²) in [5.74, 6) is -4.87. The van der Waals surface area contributed by atoms with E-state index in [0.717, 1.165) is 0 Å². The van der Waals surface area contributed by atoms with Gasteiger partial charge in [0.05, 0.1) is 5.92 Å². The maximum atomic E-state index is 11.3. The zero-order valence-electron chi connectivity index (χ0n) is 8.35. The van der Waals surface area contributed by atoms with Crippen molar-refractivity contribution in [1.82, 2.24) is 0 Å². The second kappa shape index (κ2) is 4.85. The first kappa shape index (κ1) is 12.8. The highest BCUT2D eigenvalue weighted by molar-refractivity contribution is 6.10. The molecule has 0 rings (SSSR count). The van der Waals surface area contributed by atoms with Gasteiger partial charge in [0, 0.05) is 0 Å². The Kier molecular flexibility index (Phi) is 4.43. The van der Waals surface area contributed by atoms with Crippen molar-refractivity contribution in [1.29, 1.82) is 0 Å². The maximum absolute atomic E-state index is 11.3. The predicted octanol–water partition coefficient (Wildman–Crippen LogP) is -0.138. The smallest absolute Gasteiger partial charge is 0.313 e. The van der Waals surface area contributed by atoms with Crippen molar-refractivity contribution in [2.45, 2.75) is 26.9 Å². The fourth-order valence-corrected chi connectivity index (χ4v) is 0.999. The molecular weight excluding hydrogens is 188 g/mol. The highest BCUT2D eigenvalue weighted by atomic mass is 16.4. The molecule has 0 aliphatic heterocycles. The van der Waals surface area contributed by atoms with Crippen LogP contribution in [0.4, 0.5) is 0 Å². The standard InChI is InChI=1S/C9H14O5/c1-4(8(12)6(3)10)7(11)5(2)9(13)14/h4-6,10H,1-3H3,(H,13,14)/t4-,5+,6-/m0/s1. The van der Waals surface area contributed by atoms with E-state index in [1.165, 1.54) is 20.8 Å². The van der Waals surface area contributed by atoms with E-state index in [0.29, 0.717) is 0 Å². The van der Waals surface area contributed by atoms with Crippen LogP contribution in [0, 0.1) is 11.8 Å². The largest absolute Gasteiger partial charge is 0.481 e. The van der Waals surface area contributed by atoms with Crippen LogP contribution in [-0.2, 0) is 14.4 Å². The average Bonchev–Trinajstić information content (AvgIpc) is 2.12. The van der Waals surface area contributed by atoms with Crippen molar-refractivity contribution < 1.29 is 24.6 Å². The SMILES string of the molecule is C[C@@H](C(=O)O)C(=O)[C@H](C)C(=O)[C@H](C)O. The van der Waals surface area contributed by atoms with Gasteiger partial charge in [0.15, 0.2) is 11.6 Å². The van der Waals surface area contributed by atoms with Crippen molar-refractivity contribution in [3.63, 3.8) is 0 Å². The monoisotopic (exact) mass is 202 g/mol. The molecule has 5 heteroatoms. The number of aliphatic hydroxyl groups is 1. The molecule has 0 aromatic carbocycles. The van der Waals surface area contributed by atoms with Gasteiger partial charge in [0.1, 0.15) is 12.0 Å². The summed E-state index contributed by atoms with van der Waals surface area (Å²) in [6, 6.07) is 0. The van der Waals surface area contributed by atoms with Gasteiger partial charge in [-0.1, -0.05) is 0 Å². The van der Waals surface area contributed by atoms with Crippen LogP contribution in [0.1, 0.15) is 20.8 Å². The fraction of sp³-hybridized carbons (Fsp3) is 0.667. The third-order valence-corrected chi connectivity index (χ3v) is 2.06. The third kappa shape index (κ3) is 2.92. The normalized spacial score (nSPS) is 16.9. The van der Waals surface area contributed by atoms with Crippen LogP contribution >= 0.6 is 0 Å². The Labute approximate surface area is 81.7 Å². The molecule has 0 aliphatic carbocycles. The van der Waals surface area contributed by atoms with Crippen LogP contribution in [0.3, 0.4) is 0 Å². The summed E-state index contributed by atoms with van der Waals surface area (Å²) in [5, 5.41) is 17.4. The van der Waals surface area contributed by atoms with Gasteiger partial charge >= 0.3 is 5.97 Å². The molecule has 14 heavy (non-hydrogen) atoms. The van der Waals surface area contributed by atoms with Crippen LogP contribution in [0.15, 0.2) is 0 Å². The van der Waals surface area contributed by atoms with Gasteiger partial charge in [-0.15, -0.1) is 0 Å². The first-order chi connectivity index (χ1) is 6.29. The van der Waals surface area contributed by atoms with Gasteiger partial charge < -0.3 is 10.2 Å². The van der Waals surface area contributed by atoms with Gasteiger partial charge in [-0.3, -0.25) is 14.4 Å². The molecule has 0 fully saturated rings. The van der Waals surface area contributed by atoms with Gasteiger partial charge in [0.2, 0.25) is 0 Å². The van der Waals surface area contributed by atoms with Crippen molar-refractivity contribution in [3.05, 3.63) is 0 Å². The zero-order valence-corrected chi connectivity index (χ0v) is 8.35. The molecular formula is C9H14O5. The molecule has 0 unspecified atom stereocenters. The Hall–Kier alpha value is -1.23. The molecule has 0 amide bonds. The number of aliphatic carboxylic acids is 1. The summed E-state index contributed by atoms with van der Waals surface area (Å²) in [4.78, 5) is 32.9. The van der Waals surface area contributed by atoms with E-state index in [1.807, 2.05) is 0 Å². The maximum Gasteiger partial charge on any atom is 0.313 e. The Morgan fingerprint density at radius 1 is 0.929 bits per heavy atom. The van der Waals surface area contributed by atoms with Crippen molar-refractivity contribution in [2.75, 3.05) is 0 Å². The van der Waals surface area contributed by atoms with Crippen molar-refractivity contribution >= 4 is 17.5 Å². The molecule has 0 saturated carbocycles. The van der Waals surface area contributed by atoms with Crippen molar-refractivity contribution in [3.8, 4) is 0 Å². The van der Waals surface area contributed by atoms with E-state index in [-0.39, 0.29) is 0 Å². The summed E-state index contributed by atoms with van der Waals surface area (Å²) in [5.41, 5.74) is 0. The summed E-state index contributed by atoms with van der Waals surface area (Å²) in [6.07, 6.45) is -1.24. The highest BCUT2D eigenvalue weighted by Gasteiger charge is 2.31. The van der Waals surface area contributed by atoms with Crippen molar-refractivity contribution in [2.24, 2.45) is 11.8 Å². The average molecular weight is 202 g/mol. The number of hydrogen-bond donors (Lipinski definition) is 2. The number of carbonyl (C=O) groups is 3. The molecule has 0 radical (unpaired) electrons. The lowest BCUT2D eigenvalue weighted by Crippen LogP contribution is -2.35. The number of Topliss-reactive ketones (excluding diaryl/α,β-unsaturated/α-hetero) is 2. The first-order valence-corrected chi connectivity index (χ1v) is 4.27. The Balaban J connectivity index is 4.55. The minimum atomic E-state index is -1.26. The Bertz CT molecular complexity index is 256. The van der Waals surface area contributed by atoms with E-state index in [4.69, 9.17) is 10.2 Å². The van der Waals surface area contributed by atoms with E-state index in [1.54, 1.807) is 0 Å². The topological polar surface area (TPSA) is 91.7 Å². The summed E-state index contributed by atoms with van der Waals surface area (Å²) in [6.45, 7) is 3.77. The lowest BCUT2D eigenvalue weighted by atomic mass is 9.90. The lowest BCUT2D eigenvalue weighted by Gasteiger charge is -2.13. The Morgan fingerprint density at radius 2 is 1.36 bits per heavy atom. The number of carboxylic acids is 1. The van der Waals surface area contributed by atoms with Gasteiger partial charge in [-0.25, -0.2) is 0 Å². The second-order valence-electron chi connectivity index (χ2n) is 3.26. The van der Waals surface area contributed by atoms with Crippen LogP contribution in [0.5, 0.6) is 0 Å². The fourth-order valence-electron chi connectivity index (χ4n) is 0.999. The molecule has 2 N–H and O–H groups in total. The minimum Gasteiger partial charge on any atom is -0.481 e. The van der Waals surface area contributed by atoms with E-state index >= 15 is 0 Å². The first-order valence-electron chi connectivity index (χ1n) is 4.27. The summed E-state index contributed by atoms with van der Waals surface area (Å²) >= 11 is 0. The third-order valence-electron chi connectivity index (χ3n) is 2.06. The van der Waals surface area contributed by atoms with E-state index in [9.17, 15) is 14.4 Å². The molecule has 0 aliphatic rings. The lowest BCUT2D eigenvalue weighted by molar-refractivity contribution is -0.148. The highest BCUT2D eigenvalue weighted by Crippen LogP contribution is 2.10. The minimum absolute atomic E-state index is 0.650. The molecule has 0 saturated heterocycles. The predicted molar refractivity (Wildman–Crippen MR) is 47.7 cm³/mol. The molecule has 0 spiro atoms. The zero-order chi connectivity index (χ0) is 11.5. The molecule has 5 nitrogen and oxygen atoms in total. The Morgan fingerprint density at radius 3 is 1.64 bits per heavy atom. The number of aliphatic hydroxyl groups excluding tert-OH is 1. The summed E-state index contributed by atoms with van der Waals surface area (Å²) in [7, 11) is 0. The number of hydrogen-bond acceptors (Lipinski definition) is 4. The second-order valence-corrected chi connectivity index (χ2v) is 3.26. The number of ketones is 2. The van der Waals surface area contributed by atoms with Gasteiger partial charge in [-0.2, -0.15) is 0 Å².